The summed E-state index contributed by atoms with van der Waals surface area (Å²) in [6, 6.07) is 11.0. The first-order valence-electron chi connectivity index (χ1n) is 7.58. The summed E-state index contributed by atoms with van der Waals surface area (Å²) in [4.78, 5) is 19.2. The van der Waals surface area contributed by atoms with E-state index in [9.17, 15) is 4.79 Å². The van der Waals surface area contributed by atoms with Crippen LogP contribution in [0.5, 0.6) is 0 Å². The van der Waals surface area contributed by atoms with Crippen molar-refractivity contribution in [3.8, 4) is 0 Å². The monoisotopic (exact) mass is 361 g/mol. The number of nitrogens with zero attached hydrogens (tertiary/aromatic N) is 2. The Hall–Kier alpha value is -1.88. The molecule has 1 amide bonds. The van der Waals surface area contributed by atoms with Crippen molar-refractivity contribution < 1.29 is 4.79 Å². The average molecular weight is 362 g/mol. The molecule has 0 unspecified atom stereocenters. The zero-order valence-corrected chi connectivity index (χ0v) is 14.9. The number of carbonyl (C=O) groups excluding carboxylic acids is 1. The number of rotatable bonds is 4. The van der Waals surface area contributed by atoms with Crippen molar-refractivity contribution in [2.75, 3.05) is 27.2 Å². The Balaban J connectivity index is 2.12. The number of hydrogen-bond acceptors (Lipinski definition) is 3. The van der Waals surface area contributed by atoms with Gasteiger partial charge in [-0.15, -0.1) is 0 Å². The molecule has 0 aliphatic rings. The second-order valence-corrected chi connectivity index (χ2v) is 6.67. The highest BCUT2D eigenvalue weighted by molar-refractivity contribution is 6.41. The van der Waals surface area contributed by atoms with E-state index in [2.05, 4.69) is 10.3 Å². The molecule has 2 aromatic carbocycles. The van der Waals surface area contributed by atoms with Crippen LogP contribution in [-0.2, 0) is 0 Å². The molecule has 0 aliphatic carbocycles. The SMILES string of the molecule is CN(C)CCNC(=O)c1cc(Cl)cc2c(Cl)c3ccccc3nc12. The van der Waals surface area contributed by atoms with Crippen LogP contribution in [0, 0.1) is 0 Å². The zero-order valence-electron chi connectivity index (χ0n) is 13.4. The maximum absolute atomic E-state index is 12.6. The molecule has 24 heavy (non-hydrogen) atoms. The predicted molar refractivity (Wildman–Crippen MR) is 100 cm³/mol. The first kappa shape index (κ1) is 17.0. The first-order chi connectivity index (χ1) is 11.5. The molecular weight excluding hydrogens is 345 g/mol. The maximum Gasteiger partial charge on any atom is 0.253 e. The fourth-order valence-electron chi connectivity index (χ4n) is 2.57. The van der Waals surface area contributed by atoms with Crippen LogP contribution >= 0.6 is 23.2 Å². The van der Waals surface area contributed by atoms with Crippen LogP contribution < -0.4 is 5.32 Å². The van der Waals surface area contributed by atoms with Gasteiger partial charge in [0.2, 0.25) is 0 Å². The largest absolute Gasteiger partial charge is 0.351 e. The second-order valence-electron chi connectivity index (χ2n) is 5.85. The average Bonchev–Trinajstić information content (AvgIpc) is 2.55. The molecule has 4 nitrogen and oxygen atoms in total. The van der Waals surface area contributed by atoms with Gasteiger partial charge >= 0.3 is 0 Å². The number of nitrogens with one attached hydrogen (secondary N) is 1. The molecular formula is C18H17Cl2N3O. The standard InChI is InChI=1S/C18H17Cl2N3O/c1-23(2)8-7-21-18(24)14-10-11(19)9-13-16(20)12-5-3-4-6-15(12)22-17(13)14/h3-6,9-10H,7-8H2,1-2H3,(H,21,24). The van der Waals surface area contributed by atoms with E-state index in [1.165, 1.54) is 0 Å². The van der Waals surface area contributed by atoms with Gasteiger partial charge in [-0.05, 0) is 32.3 Å². The summed E-state index contributed by atoms with van der Waals surface area (Å²) < 4.78 is 0. The van der Waals surface area contributed by atoms with Gasteiger partial charge in [-0.3, -0.25) is 4.79 Å². The van der Waals surface area contributed by atoms with E-state index in [-0.39, 0.29) is 5.91 Å². The van der Waals surface area contributed by atoms with Crippen LogP contribution in [0.2, 0.25) is 10.0 Å². The van der Waals surface area contributed by atoms with E-state index >= 15 is 0 Å². The van der Waals surface area contributed by atoms with E-state index in [1.54, 1.807) is 12.1 Å². The molecule has 1 aromatic heterocycles. The zero-order chi connectivity index (χ0) is 17.3. The minimum Gasteiger partial charge on any atom is -0.351 e. The molecule has 0 saturated heterocycles. The van der Waals surface area contributed by atoms with Crippen LogP contribution in [0.25, 0.3) is 21.8 Å². The second kappa shape index (κ2) is 6.93. The van der Waals surface area contributed by atoms with Crippen molar-refractivity contribution in [1.29, 1.82) is 0 Å². The summed E-state index contributed by atoms with van der Waals surface area (Å²) in [6.45, 7) is 1.29. The van der Waals surface area contributed by atoms with Crippen LogP contribution in [0.1, 0.15) is 10.4 Å². The molecule has 0 spiro atoms. The topological polar surface area (TPSA) is 45.2 Å². The number of likely N-dealkylation sites (N-methyl/N-ethyl adjacent to an activating group) is 1. The summed E-state index contributed by atoms with van der Waals surface area (Å²) in [7, 11) is 3.91. The molecule has 3 rings (SSSR count). The third-order valence-corrected chi connectivity index (χ3v) is 4.40. The highest BCUT2D eigenvalue weighted by Crippen LogP contribution is 2.33. The molecule has 0 bridgehead atoms. The van der Waals surface area contributed by atoms with Crippen LogP contribution in [0.4, 0.5) is 0 Å². The molecule has 124 valence electrons. The smallest absolute Gasteiger partial charge is 0.253 e. The summed E-state index contributed by atoms with van der Waals surface area (Å²) in [5.41, 5.74) is 1.74. The van der Waals surface area contributed by atoms with E-state index in [0.717, 1.165) is 17.4 Å². The Morgan fingerprint density at radius 2 is 1.92 bits per heavy atom. The van der Waals surface area contributed by atoms with Crippen molar-refractivity contribution in [1.82, 2.24) is 15.2 Å². The molecule has 3 aromatic rings. The molecule has 0 saturated carbocycles. The van der Waals surface area contributed by atoms with Crippen molar-refractivity contribution in [2.24, 2.45) is 0 Å². The Labute approximate surface area is 150 Å². The quantitative estimate of drug-likeness (QED) is 0.714. The van der Waals surface area contributed by atoms with E-state index < -0.39 is 0 Å². The lowest BCUT2D eigenvalue weighted by atomic mass is 10.1. The Morgan fingerprint density at radius 3 is 2.67 bits per heavy atom. The lowest BCUT2D eigenvalue weighted by molar-refractivity contribution is 0.0952. The van der Waals surface area contributed by atoms with Crippen LogP contribution in [0.15, 0.2) is 36.4 Å². The first-order valence-corrected chi connectivity index (χ1v) is 8.33. The lowest BCUT2D eigenvalue weighted by Crippen LogP contribution is -2.31. The van der Waals surface area contributed by atoms with Gasteiger partial charge in [-0.1, -0.05) is 41.4 Å². The number of pyridine rings is 1. The maximum atomic E-state index is 12.6. The van der Waals surface area contributed by atoms with Gasteiger partial charge in [0.25, 0.3) is 5.91 Å². The lowest BCUT2D eigenvalue weighted by Gasteiger charge is -2.13. The normalized spacial score (nSPS) is 11.4. The highest BCUT2D eigenvalue weighted by atomic mass is 35.5. The molecule has 0 fully saturated rings. The van der Waals surface area contributed by atoms with Gasteiger partial charge in [0.05, 0.1) is 21.6 Å². The van der Waals surface area contributed by atoms with Crippen molar-refractivity contribution in [3.05, 3.63) is 52.0 Å². The van der Waals surface area contributed by atoms with Gasteiger partial charge in [0.1, 0.15) is 0 Å². The number of halogens is 2. The third kappa shape index (κ3) is 3.31. The van der Waals surface area contributed by atoms with Gasteiger partial charge in [-0.25, -0.2) is 4.98 Å². The van der Waals surface area contributed by atoms with Gasteiger partial charge in [0, 0.05) is 28.9 Å². The minimum absolute atomic E-state index is 0.205. The molecule has 0 aliphatic heterocycles. The van der Waals surface area contributed by atoms with Crippen molar-refractivity contribution in [2.45, 2.75) is 0 Å². The number of hydrogen-bond donors (Lipinski definition) is 1. The van der Waals surface area contributed by atoms with E-state index in [0.29, 0.717) is 33.1 Å². The van der Waals surface area contributed by atoms with E-state index in [4.69, 9.17) is 23.2 Å². The molecule has 1 N–H and O–H groups in total. The Kier molecular flexibility index (Phi) is 4.90. The minimum atomic E-state index is -0.205. The summed E-state index contributed by atoms with van der Waals surface area (Å²) in [5, 5.41) is 5.43. The molecule has 0 radical (unpaired) electrons. The predicted octanol–water partition coefficient (Wildman–Crippen LogP) is 3.99. The summed E-state index contributed by atoms with van der Waals surface area (Å²) in [5.74, 6) is -0.205. The molecule has 6 heteroatoms. The number of carbonyl (C=O) groups is 1. The number of amides is 1. The number of benzene rings is 2. The van der Waals surface area contributed by atoms with Crippen LogP contribution in [-0.4, -0.2) is 43.0 Å². The Morgan fingerprint density at radius 1 is 1.17 bits per heavy atom. The summed E-state index contributed by atoms with van der Waals surface area (Å²) in [6.07, 6.45) is 0. The third-order valence-electron chi connectivity index (χ3n) is 3.77. The van der Waals surface area contributed by atoms with Crippen molar-refractivity contribution in [3.63, 3.8) is 0 Å². The number of para-hydroxylation sites is 1. The van der Waals surface area contributed by atoms with E-state index in [1.807, 2.05) is 43.3 Å². The fourth-order valence-corrected chi connectivity index (χ4v) is 3.09. The van der Waals surface area contributed by atoms with Gasteiger partial charge in [0.15, 0.2) is 0 Å². The number of fused-ring (bicyclic) bond motifs is 2. The fraction of sp³-hybridized carbons (Fsp3) is 0.222. The molecule has 0 atom stereocenters. The number of aromatic nitrogens is 1. The summed E-state index contributed by atoms with van der Waals surface area (Å²) >= 11 is 12.7. The van der Waals surface area contributed by atoms with Crippen molar-refractivity contribution >= 4 is 50.9 Å². The highest BCUT2D eigenvalue weighted by Gasteiger charge is 2.16. The Bertz CT molecular complexity index is 925. The molecule has 1 heterocycles. The van der Waals surface area contributed by atoms with Gasteiger partial charge < -0.3 is 10.2 Å². The van der Waals surface area contributed by atoms with Crippen LogP contribution in [0.3, 0.4) is 0 Å². The van der Waals surface area contributed by atoms with Gasteiger partial charge in [-0.2, -0.15) is 0 Å².